The number of hydrogen-bond acceptors (Lipinski definition) is 2. The minimum absolute atomic E-state index is 0.0909. The van der Waals surface area contributed by atoms with Gasteiger partial charge < -0.3 is 4.74 Å². The van der Waals surface area contributed by atoms with Gasteiger partial charge in [-0.3, -0.25) is 4.79 Å². The quantitative estimate of drug-likeness (QED) is 0.747. The van der Waals surface area contributed by atoms with Gasteiger partial charge in [-0.05, 0) is 72.1 Å². The van der Waals surface area contributed by atoms with Crippen LogP contribution >= 0.6 is 0 Å². The van der Waals surface area contributed by atoms with Crippen LogP contribution in [0.4, 0.5) is 0 Å². The number of rotatable bonds is 1. The molecular weight excluding hydrogens is 284 g/mol. The van der Waals surface area contributed by atoms with Gasteiger partial charge in [-0.25, -0.2) is 0 Å². The lowest BCUT2D eigenvalue weighted by Crippen LogP contribution is -2.52. The van der Waals surface area contributed by atoms with E-state index in [0.717, 1.165) is 37.9 Å². The topological polar surface area (TPSA) is 26.3 Å². The van der Waals surface area contributed by atoms with E-state index < -0.39 is 0 Å². The zero-order valence-electron chi connectivity index (χ0n) is 14.8. The van der Waals surface area contributed by atoms with Gasteiger partial charge >= 0.3 is 0 Å². The van der Waals surface area contributed by atoms with E-state index in [1.54, 1.807) is 7.11 Å². The SMILES string of the molecule is COc1ccc2c(c1)C[C@@H](C)[C@@H]1[C@@H]2CC[C@]2(C)C(=O)CC[C@]12C. The molecule has 0 bridgehead atoms. The van der Waals surface area contributed by atoms with Crippen LogP contribution in [-0.4, -0.2) is 12.9 Å². The minimum atomic E-state index is -0.0909. The first kappa shape index (κ1) is 15.2. The molecule has 1 aromatic rings. The van der Waals surface area contributed by atoms with Gasteiger partial charge in [0.25, 0.3) is 0 Å². The van der Waals surface area contributed by atoms with E-state index in [-0.39, 0.29) is 10.8 Å². The van der Waals surface area contributed by atoms with Crippen molar-refractivity contribution in [2.45, 2.75) is 58.8 Å². The molecule has 2 saturated carbocycles. The highest BCUT2D eigenvalue weighted by atomic mass is 16.5. The molecule has 3 aliphatic rings. The van der Waals surface area contributed by atoms with Crippen molar-refractivity contribution in [2.75, 3.05) is 7.11 Å². The summed E-state index contributed by atoms with van der Waals surface area (Å²) in [6.45, 7) is 7.08. The molecular formula is C21H28O2. The van der Waals surface area contributed by atoms with Crippen molar-refractivity contribution in [1.29, 1.82) is 0 Å². The van der Waals surface area contributed by atoms with Gasteiger partial charge in [0.15, 0.2) is 0 Å². The fourth-order valence-corrected chi connectivity index (χ4v) is 6.37. The molecule has 2 nitrogen and oxygen atoms in total. The Labute approximate surface area is 139 Å². The second-order valence-electron chi connectivity index (χ2n) is 8.59. The van der Waals surface area contributed by atoms with E-state index in [2.05, 4.69) is 39.0 Å². The predicted octanol–water partition coefficient (Wildman–Crippen LogP) is 4.76. The molecule has 0 saturated heterocycles. The summed E-state index contributed by atoms with van der Waals surface area (Å²) < 4.78 is 5.43. The third-order valence-electron chi connectivity index (χ3n) is 7.78. The van der Waals surface area contributed by atoms with Crippen LogP contribution in [0.1, 0.15) is 63.5 Å². The molecule has 5 atom stereocenters. The monoisotopic (exact) mass is 312 g/mol. The van der Waals surface area contributed by atoms with Crippen LogP contribution in [0.5, 0.6) is 5.75 Å². The number of benzene rings is 1. The number of carbonyl (C=O) groups excluding carboxylic acids is 1. The first-order valence-electron chi connectivity index (χ1n) is 9.11. The fourth-order valence-electron chi connectivity index (χ4n) is 6.37. The maximum Gasteiger partial charge on any atom is 0.139 e. The number of ether oxygens (including phenoxy) is 1. The predicted molar refractivity (Wildman–Crippen MR) is 91.8 cm³/mol. The van der Waals surface area contributed by atoms with Gasteiger partial charge in [0.05, 0.1) is 7.11 Å². The molecule has 23 heavy (non-hydrogen) atoms. The summed E-state index contributed by atoms with van der Waals surface area (Å²) >= 11 is 0. The Hall–Kier alpha value is -1.31. The number of hydrogen-bond donors (Lipinski definition) is 0. The molecule has 0 heterocycles. The molecule has 0 spiro atoms. The zero-order chi connectivity index (χ0) is 16.4. The Morgan fingerprint density at radius 1 is 1.22 bits per heavy atom. The van der Waals surface area contributed by atoms with Crippen molar-refractivity contribution in [3.63, 3.8) is 0 Å². The van der Waals surface area contributed by atoms with E-state index >= 15 is 0 Å². The standard InChI is InChI=1S/C21H28O2/c1-13-11-14-12-15(23-4)5-6-16(14)17-7-9-20(2)18(22)8-10-21(20,3)19(13)17/h5-6,12-13,17,19H,7-11H2,1-4H3/t13-,17-,19-,20-,21-/m1/s1. The molecule has 0 unspecified atom stereocenters. The normalized spacial score (nSPS) is 41.9. The Balaban J connectivity index is 1.80. The van der Waals surface area contributed by atoms with E-state index in [1.165, 1.54) is 11.1 Å². The van der Waals surface area contributed by atoms with Gasteiger partial charge in [-0.2, -0.15) is 0 Å². The molecule has 0 N–H and O–H groups in total. The Morgan fingerprint density at radius 3 is 2.74 bits per heavy atom. The first-order chi connectivity index (χ1) is 10.9. The summed E-state index contributed by atoms with van der Waals surface area (Å²) in [6.07, 6.45) is 5.21. The van der Waals surface area contributed by atoms with Crippen LogP contribution in [-0.2, 0) is 11.2 Å². The Morgan fingerprint density at radius 2 is 2.00 bits per heavy atom. The third-order valence-corrected chi connectivity index (χ3v) is 7.78. The number of ketones is 1. The van der Waals surface area contributed by atoms with Crippen LogP contribution in [0.15, 0.2) is 18.2 Å². The van der Waals surface area contributed by atoms with Crippen molar-refractivity contribution in [1.82, 2.24) is 0 Å². The maximum atomic E-state index is 12.6. The Bertz CT molecular complexity index is 664. The van der Waals surface area contributed by atoms with Crippen LogP contribution in [0.3, 0.4) is 0 Å². The molecule has 3 aliphatic carbocycles. The third kappa shape index (κ3) is 1.84. The van der Waals surface area contributed by atoms with Crippen molar-refractivity contribution in [3.05, 3.63) is 29.3 Å². The highest BCUT2D eigenvalue weighted by Crippen LogP contribution is 2.67. The molecule has 124 valence electrons. The molecule has 0 amide bonds. The van der Waals surface area contributed by atoms with Gasteiger partial charge in [-0.1, -0.05) is 26.8 Å². The van der Waals surface area contributed by atoms with E-state index in [0.29, 0.717) is 23.5 Å². The summed E-state index contributed by atoms with van der Waals surface area (Å²) in [7, 11) is 1.74. The minimum Gasteiger partial charge on any atom is -0.497 e. The van der Waals surface area contributed by atoms with Crippen LogP contribution in [0, 0.1) is 22.7 Å². The summed E-state index contributed by atoms with van der Waals surface area (Å²) in [5, 5.41) is 0. The van der Waals surface area contributed by atoms with Crippen molar-refractivity contribution in [2.24, 2.45) is 22.7 Å². The van der Waals surface area contributed by atoms with Crippen LogP contribution < -0.4 is 4.74 Å². The summed E-state index contributed by atoms with van der Waals surface area (Å²) in [4.78, 5) is 12.6. The lowest BCUT2D eigenvalue weighted by Gasteiger charge is -2.57. The lowest BCUT2D eigenvalue weighted by molar-refractivity contribution is -0.136. The van der Waals surface area contributed by atoms with Gasteiger partial charge in [0, 0.05) is 11.8 Å². The second-order valence-corrected chi connectivity index (χ2v) is 8.59. The lowest BCUT2D eigenvalue weighted by atomic mass is 9.46. The number of methoxy groups -OCH3 is 1. The molecule has 0 radical (unpaired) electrons. The maximum absolute atomic E-state index is 12.6. The highest BCUT2D eigenvalue weighted by Gasteiger charge is 2.63. The molecule has 0 aliphatic heterocycles. The van der Waals surface area contributed by atoms with E-state index in [4.69, 9.17) is 4.74 Å². The average molecular weight is 312 g/mol. The number of carbonyl (C=O) groups is 1. The van der Waals surface area contributed by atoms with Gasteiger partial charge in [0.1, 0.15) is 11.5 Å². The zero-order valence-corrected chi connectivity index (χ0v) is 14.8. The average Bonchev–Trinajstić information content (AvgIpc) is 2.78. The smallest absolute Gasteiger partial charge is 0.139 e. The molecule has 2 heteroatoms. The van der Waals surface area contributed by atoms with E-state index in [1.807, 2.05) is 0 Å². The van der Waals surface area contributed by atoms with Crippen molar-refractivity contribution in [3.8, 4) is 5.75 Å². The molecule has 0 aromatic heterocycles. The van der Waals surface area contributed by atoms with E-state index in [9.17, 15) is 4.79 Å². The first-order valence-corrected chi connectivity index (χ1v) is 9.11. The van der Waals surface area contributed by atoms with Gasteiger partial charge in [0.2, 0.25) is 0 Å². The highest BCUT2D eigenvalue weighted by molar-refractivity contribution is 5.88. The van der Waals surface area contributed by atoms with Crippen LogP contribution in [0.2, 0.25) is 0 Å². The van der Waals surface area contributed by atoms with Crippen molar-refractivity contribution >= 4 is 5.78 Å². The molecule has 2 fully saturated rings. The second kappa shape index (κ2) is 4.84. The summed E-state index contributed by atoms with van der Waals surface area (Å²) in [5.41, 5.74) is 3.07. The Kier molecular flexibility index (Phi) is 3.21. The summed E-state index contributed by atoms with van der Waals surface area (Å²) in [6, 6.07) is 6.64. The molecule has 4 rings (SSSR count). The number of fused-ring (bicyclic) bond motifs is 5. The fraction of sp³-hybridized carbons (Fsp3) is 0.667. The summed E-state index contributed by atoms with van der Waals surface area (Å²) in [5.74, 6) is 3.37. The largest absolute Gasteiger partial charge is 0.497 e. The van der Waals surface area contributed by atoms with Gasteiger partial charge in [-0.15, -0.1) is 0 Å². The van der Waals surface area contributed by atoms with Crippen LogP contribution in [0.25, 0.3) is 0 Å². The van der Waals surface area contributed by atoms with Crippen molar-refractivity contribution < 1.29 is 9.53 Å². The molecule has 1 aromatic carbocycles. The number of Topliss-reactive ketones (excluding diaryl/α,β-unsaturated/α-hetero) is 1.